The summed E-state index contributed by atoms with van der Waals surface area (Å²) in [6.45, 7) is 22.6. The molecule has 0 aromatic rings. The van der Waals surface area contributed by atoms with Crippen LogP contribution < -0.4 is 0 Å². The van der Waals surface area contributed by atoms with Crippen LogP contribution in [0.15, 0.2) is 0 Å². The first-order valence-electron chi connectivity index (χ1n) is 7.52. The summed E-state index contributed by atoms with van der Waals surface area (Å²) in [5.41, 5.74) is 2.79. The molecular weight excluding hydrogens is 236 g/mol. The summed E-state index contributed by atoms with van der Waals surface area (Å²) in [5.74, 6) is 0. The average Bonchev–Trinajstić information content (AvgIpc) is 2.15. The normalized spacial score (nSPS) is 15.4. The molecule has 0 aliphatic rings. The van der Waals surface area contributed by atoms with Crippen molar-refractivity contribution in [1.29, 1.82) is 0 Å². The zero-order valence-electron chi connectivity index (χ0n) is 13.7. The molecule has 0 aromatic heterocycles. The first-order valence-corrected chi connectivity index (χ1v) is 12.4. The van der Waals surface area contributed by atoms with Gasteiger partial charge in [0.15, 0.2) is 0 Å². The second kappa shape index (κ2) is 7.13. The van der Waals surface area contributed by atoms with Gasteiger partial charge in [-0.2, -0.15) is 0 Å². The Morgan fingerprint density at radius 1 is 0.824 bits per heavy atom. The third-order valence-electron chi connectivity index (χ3n) is 4.88. The maximum atomic E-state index is 2.56. The topological polar surface area (TPSA) is 0 Å². The third kappa shape index (κ3) is 3.47. The summed E-state index contributed by atoms with van der Waals surface area (Å²) in [6, 6.07) is 0. The summed E-state index contributed by atoms with van der Waals surface area (Å²) >= 11 is 0. The summed E-state index contributed by atoms with van der Waals surface area (Å²) in [4.78, 5) is 0. The molecule has 1 unspecified atom stereocenters. The molecule has 0 aromatic carbocycles. The van der Waals surface area contributed by atoms with E-state index in [4.69, 9.17) is 0 Å². The van der Waals surface area contributed by atoms with Crippen molar-refractivity contribution in [1.82, 2.24) is 0 Å². The maximum absolute atomic E-state index is 2.56. The van der Waals surface area contributed by atoms with Crippen molar-refractivity contribution in [3.05, 3.63) is 0 Å². The van der Waals surface area contributed by atoms with Gasteiger partial charge in [-0.25, -0.2) is 0 Å². The minimum absolute atomic E-state index is 0.164. The van der Waals surface area contributed by atoms with Crippen molar-refractivity contribution in [3.8, 4) is 0 Å². The van der Waals surface area contributed by atoms with Crippen molar-refractivity contribution >= 4 is 16.9 Å². The Hall–Kier alpha value is 0.434. The quantitative estimate of drug-likeness (QED) is 0.489. The molecule has 0 heterocycles. The molecule has 0 aliphatic carbocycles. The molecule has 0 nitrogen and oxygen atoms in total. The van der Waals surface area contributed by atoms with Crippen LogP contribution in [0.3, 0.4) is 0 Å². The molecule has 2 heteroatoms. The van der Waals surface area contributed by atoms with Gasteiger partial charge < -0.3 is 0 Å². The second-order valence-corrected chi connectivity index (χ2v) is 16.5. The fourth-order valence-electron chi connectivity index (χ4n) is 4.53. The lowest BCUT2D eigenvalue weighted by atomic mass is 10.4. The highest BCUT2D eigenvalue weighted by molar-refractivity contribution is 6.94. The Bertz CT molecular complexity index is 185. The number of hydrogen-bond acceptors (Lipinski definition) is 0. The van der Waals surface area contributed by atoms with E-state index in [1.807, 2.05) is 0 Å². The van der Waals surface area contributed by atoms with E-state index in [0.717, 1.165) is 21.8 Å². The van der Waals surface area contributed by atoms with E-state index in [-0.39, 0.29) is 8.80 Å². The van der Waals surface area contributed by atoms with Gasteiger partial charge >= 0.3 is 0 Å². The van der Waals surface area contributed by atoms with Crippen LogP contribution in [0, 0.1) is 0 Å². The predicted octanol–water partition coefficient (Wildman–Crippen LogP) is 6.13. The average molecular weight is 272 g/mol. The van der Waals surface area contributed by atoms with Crippen molar-refractivity contribution < 1.29 is 0 Å². The summed E-state index contributed by atoms with van der Waals surface area (Å²) in [6.07, 6.45) is 2.86. The van der Waals surface area contributed by atoms with Gasteiger partial charge in [-0.05, 0) is 0 Å². The summed E-state index contributed by atoms with van der Waals surface area (Å²) < 4.78 is 0. The van der Waals surface area contributed by atoms with Crippen molar-refractivity contribution in [2.45, 2.75) is 96.2 Å². The van der Waals surface area contributed by atoms with Crippen LogP contribution in [0.25, 0.3) is 0 Å². The molecule has 17 heavy (non-hydrogen) atoms. The molecule has 0 rings (SSSR count). The molecule has 103 valence electrons. The maximum Gasteiger partial charge on any atom is 0.0615 e. The number of hydrogen-bond donors (Lipinski definition) is 0. The zero-order valence-corrected chi connectivity index (χ0v) is 15.7. The van der Waals surface area contributed by atoms with Crippen molar-refractivity contribution in [2.24, 2.45) is 0 Å². The van der Waals surface area contributed by atoms with Gasteiger partial charge in [0, 0.05) is 8.80 Å². The summed E-state index contributed by atoms with van der Waals surface area (Å²) in [7, 11) is -1.36. The van der Waals surface area contributed by atoms with Gasteiger partial charge in [0.05, 0.1) is 8.07 Å². The molecule has 0 bridgehead atoms. The van der Waals surface area contributed by atoms with E-state index in [9.17, 15) is 0 Å². The molecule has 1 atom stereocenters. The smallest absolute Gasteiger partial charge is 0.0615 e. The molecular formula is C15H35Si2. The fraction of sp³-hybridized carbons (Fsp3) is 1.00. The van der Waals surface area contributed by atoms with Gasteiger partial charge in [-0.3, -0.25) is 0 Å². The van der Waals surface area contributed by atoms with E-state index in [1.165, 1.54) is 12.8 Å². The Morgan fingerprint density at radius 2 is 1.18 bits per heavy atom. The second-order valence-electron chi connectivity index (χ2n) is 6.88. The molecule has 0 saturated heterocycles. The molecule has 0 spiro atoms. The highest BCUT2D eigenvalue weighted by Crippen LogP contribution is 2.51. The van der Waals surface area contributed by atoms with E-state index in [0.29, 0.717) is 0 Å². The van der Waals surface area contributed by atoms with Crippen molar-refractivity contribution in [2.75, 3.05) is 0 Å². The Labute approximate surface area is 113 Å². The number of rotatable bonds is 7. The molecule has 1 radical (unpaired) electrons. The van der Waals surface area contributed by atoms with E-state index in [2.05, 4.69) is 61.6 Å². The molecule has 0 N–H and O–H groups in total. The van der Waals surface area contributed by atoms with Gasteiger partial charge in [0.2, 0.25) is 0 Å². The van der Waals surface area contributed by atoms with Gasteiger partial charge in [-0.1, -0.05) is 96.2 Å². The van der Waals surface area contributed by atoms with Gasteiger partial charge in [0.1, 0.15) is 0 Å². The van der Waals surface area contributed by atoms with Gasteiger partial charge in [0.25, 0.3) is 0 Å². The fourth-order valence-corrected chi connectivity index (χ4v) is 19.6. The van der Waals surface area contributed by atoms with Crippen LogP contribution in [0.5, 0.6) is 0 Å². The van der Waals surface area contributed by atoms with Crippen LogP contribution >= 0.6 is 0 Å². The minimum atomic E-state index is -1.20. The van der Waals surface area contributed by atoms with E-state index in [1.54, 1.807) is 0 Å². The first kappa shape index (κ1) is 17.4. The van der Waals surface area contributed by atoms with Crippen LogP contribution in [-0.4, -0.2) is 16.9 Å². The molecule has 0 fully saturated rings. The third-order valence-corrected chi connectivity index (χ3v) is 17.3. The lowest BCUT2D eigenvalue weighted by Gasteiger charge is -2.50. The van der Waals surface area contributed by atoms with E-state index >= 15 is 0 Å². The molecule has 0 aliphatic heterocycles. The highest BCUT2D eigenvalue weighted by Gasteiger charge is 2.49. The van der Waals surface area contributed by atoms with Crippen LogP contribution in [0.4, 0.5) is 0 Å². The Balaban J connectivity index is 5.52. The largest absolute Gasteiger partial charge is 0.0713 e. The van der Waals surface area contributed by atoms with Crippen molar-refractivity contribution in [3.63, 3.8) is 0 Å². The van der Waals surface area contributed by atoms with Crippen LogP contribution in [0.2, 0.25) is 34.9 Å². The predicted molar refractivity (Wildman–Crippen MR) is 87.2 cm³/mol. The monoisotopic (exact) mass is 271 g/mol. The van der Waals surface area contributed by atoms with Gasteiger partial charge in [-0.15, -0.1) is 0 Å². The highest BCUT2D eigenvalue weighted by atomic mass is 28.4. The van der Waals surface area contributed by atoms with E-state index < -0.39 is 8.07 Å². The molecule has 0 amide bonds. The summed E-state index contributed by atoms with van der Waals surface area (Å²) in [5, 5.41) is 1.09. The van der Waals surface area contributed by atoms with Crippen LogP contribution in [0.1, 0.15) is 61.3 Å². The zero-order chi connectivity index (χ0) is 13.8. The minimum Gasteiger partial charge on any atom is -0.0713 e. The Morgan fingerprint density at radius 3 is 1.35 bits per heavy atom. The molecule has 0 saturated carbocycles. The first-order chi connectivity index (χ1) is 7.72. The lowest BCUT2D eigenvalue weighted by molar-refractivity contribution is 0.725. The lowest BCUT2D eigenvalue weighted by Crippen LogP contribution is -2.52. The standard InChI is InChI=1S/C15H35Si2/c1-10-11-15(16(8)9)17(12(2)3,13(4)5)14(6)7/h12-15H,10-11H2,1-9H3. The Kier molecular flexibility index (Phi) is 7.31. The van der Waals surface area contributed by atoms with Crippen LogP contribution in [-0.2, 0) is 0 Å². The SMILES string of the molecule is CCCC([Si](C)C)[Si](C(C)C)(C(C)C)C(C)C.